The average Bonchev–Trinajstić information content (AvgIpc) is 2.62. The molecule has 0 amide bonds. The molecule has 0 radical (unpaired) electrons. The van der Waals surface area contributed by atoms with E-state index < -0.39 is 0 Å². The van der Waals surface area contributed by atoms with Gasteiger partial charge in [0.2, 0.25) is 0 Å². The van der Waals surface area contributed by atoms with Crippen LogP contribution in [0.15, 0.2) is 12.4 Å². The van der Waals surface area contributed by atoms with Gasteiger partial charge in [-0.3, -0.25) is 0 Å². The molecule has 1 aromatic heterocycles. The quantitative estimate of drug-likeness (QED) is 0.871. The smallest absolute Gasteiger partial charge is 0.134 e. The molecule has 2 fully saturated rings. The maximum Gasteiger partial charge on any atom is 0.134 e. The fraction of sp³-hybridized carbons (Fsp3) is 0.765. The third-order valence-electron chi connectivity index (χ3n) is 5.20. The predicted octanol–water partition coefficient (Wildman–Crippen LogP) is 1.28. The zero-order chi connectivity index (χ0) is 16.2. The summed E-state index contributed by atoms with van der Waals surface area (Å²) >= 11 is 0. The van der Waals surface area contributed by atoms with E-state index in [1.165, 1.54) is 0 Å². The highest BCUT2D eigenvalue weighted by atomic mass is 16.3. The standard InChI is InChI=1S/C17H28N4O2/c1-13(23)15-5-3-7-21(10-15)17-8-16(18-12-19-17)20-6-2-4-14(9-20)11-22/h8,12-15,22-23H,2-7,9-11H2,1H3. The SMILES string of the molecule is CC(O)C1CCCN(c2cc(N3CCCC(CO)C3)ncn2)C1. The number of nitrogens with zero attached hydrogens (tertiary/aromatic N) is 4. The topological polar surface area (TPSA) is 72.7 Å². The molecule has 3 atom stereocenters. The summed E-state index contributed by atoms with van der Waals surface area (Å²) in [5.74, 6) is 2.56. The number of hydrogen-bond acceptors (Lipinski definition) is 6. The van der Waals surface area contributed by atoms with Gasteiger partial charge < -0.3 is 20.0 Å². The van der Waals surface area contributed by atoms with Gasteiger partial charge in [-0.1, -0.05) is 0 Å². The molecule has 6 nitrogen and oxygen atoms in total. The second-order valence-corrected chi connectivity index (χ2v) is 6.96. The molecule has 0 bridgehead atoms. The van der Waals surface area contributed by atoms with Crippen LogP contribution in [0.3, 0.4) is 0 Å². The summed E-state index contributed by atoms with van der Waals surface area (Å²) in [7, 11) is 0. The van der Waals surface area contributed by atoms with Crippen molar-refractivity contribution in [3.63, 3.8) is 0 Å². The Morgan fingerprint density at radius 2 is 1.78 bits per heavy atom. The van der Waals surface area contributed by atoms with Crippen molar-refractivity contribution in [1.29, 1.82) is 0 Å². The van der Waals surface area contributed by atoms with E-state index in [1.54, 1.807) is 6.33 Å². The van der Waals surface area contributed by atoms with E-state index in [2.05, 4.69) is 25.8 Å². The van der Waals surface area contributed by atoms with Crippen molar-refractivity contribution in [3.05, 3.63) is 12.4 Å². The first kappa shape index (κ1) is 16.5. The maximum atomic E-state index is 9.87. The molecule has 2 aliphatic heterocycles. The lowest BCUT2D eigenvalue weighted by Gasteiger charge is -2.36. The zero-order valence-electron chi connectivity index (χ0n) is 13.9. The van der Waals surface area contributed by atoms with Crippen molar-refractivity contribution >= 4 is 11.6 Å². The number of aromatic nitrogens is 2. The number of aliphatic hydroxyl groups is 2. The fourth-order valence-electron chi connectivity index (χ4n) is 3.72. The Morgan fingerprint density at radius 3 is 2.43 bits per heavy atom. The highest BCUT2D eigenvalue weighted by Crippen LogP contribution is 2.27. The summed E-state index contributed by atoms with van der Waals surface area (Å²) in [6.07, 6.45) is 5.72. The van der Waals surface area contributed by atoms with E-state index in [4.69, 9.17) is 0 Å². The normalized spacial score (nSPS) is 27.1. The molecule has 2 N–H and O–H groups in total. The lowest BCUT2D eigenvalue weighted by Crippen LogP contribution is -2.40. The molecule has 1 aromatic rings. The van der Waals surface area contributed by atoms with E-state index in [0.29, 0.717) is 11.8 Å². The van der Waals surface area contributed by atoms with Crippen LogP contribution in [0.25, 0.3) is 0 Å². The minimum Gasteiger partial charge on any atom is -0.396 e. The van der Waals surface area contributed by atoms with Crippen LogP contribution in [0.1, 0.15) is 32.6 Å². The molecule has 2 aliphatic rings. The van der Waals surface area contributed by atoms with E-state index in [-0.39, 0.29) is 12.7 Å². The van der Waals surface area contributed by atoms with Crippen LogP contribution in [0.2, 0.25) is 0 Å². The number of rotatable bonds is 4. The monoisotopic (exact) mass is 320 g/mol. The van der Waals surface area contributed by atoms with Crippen molar-refractivity contribution in [2.75, 3.05) is 42.6 Å². The molecule has 0 saturated carbocycles. The first-order valence-corrected chi connectivity index (χ1v) is 8.78. The Hall–Kier alpha value is -1.40. The van der Waals surface area contributed by atoms with Gasteiger partial charge in [-0.15, -0.1) is 0 Å². The van der Waals surface area contributed by atoms with Crippen molar-refractivity contribution in [2.24, 2.45) is 11.8 Å². The number of piperidine rings is 2. The van der Waals surface area contributed by atoms with Crippen LogP contribution in [0, 0.1) is 11.8 Å². The Morgan fingerprint density at radius 1 is 1.13 bits per heavy atom. The van der Waals surface area contributed by atoms with E-state index >= 15 is 0 Å². The molecule has 0 spiro atoms. The summed E-state index contributed by atoms with van der Waals surface area (Å²) in [5, 5.41) is 19.3. The van der Waals surface area contributed by atoms with Crippen LogP contribution in [-0.2, 0) is 0 Å². The molecule has 6 heteroatoms. The summed E-state index contributed by atoms with van der Waals surface area (Å²) in [4.78, 5) is 13.4. The Bertz CT molecular complexity index is 511. The van der Waals surface area contributed by atoms with Crippen LogP contribution in [0.4, 0.5) is 11.6 Å². The van der Waals surface area contributed by atoms with Gasteiger partial charge in [-0.05, 0) is 38.5 Å². The van der Waals surface area contributed by atoms with Crippen molar-refractivity contribution < 1.29 is 10.2 Å². The second kappa shape index (κ2) is 7.45. The molecule has 0 aromatic carbocycles. The number of anilines is 2. The van der Waals surface area contributed by atoms with Gasteiger partial charge in [0.15, 0.2) is 0 Å². The number of aliphatic hydroxyl groups excluding tert-OH is 2. The molecule has 2 saturated heterocycles. The van der Waals surface area contributed by atoms with Gasteiger partial charge >= 0.3 is 0 Å². The second-order valence-electron chi connectivity index (χ2n) is 6.96. The van der Waals surface area contributed by atoms with E-state index in [1.807, 2.05) is 6.92 Å². The van der Waals surface area contributed by atoms with E-state index in [0.717, 1.165) is 63.5 Å². The molecule has 128 valence electrons. The van der Waals surface area contributed by atoms with Gasteiger partial charge in [-0.2, -0.15) is 0 Å². The van der Waals surface area contributed by atoms with Crippen molar-refractivity contribution in [2.45, 2.75) is 38.7 Å². The summed E-state index contributed by atoms with van der Waals surface area (Å²) < 4.78 is 0. The Labute approximate surface area is 138 Å². The molecule has 3 unspecified atom stereocenters. The van der Waals surface area contributed by atoms with Crippen molar-refractivity contribution in [3.8, 4) is 0 Å². The summed E-state index contributed by atoms with van der Waals surface area (Å²) in [6, 6.07) is 2.06. The lowest BCUT2D eigenvalue weighted by atomic mass is 9.93. The molecule has 0 aliphatic carbocycles. The van der Waals surface area contributed by atoms with Gasteiger partial charge in [0.05, 0.1) is 6.10 Å². The number of hydrogen-bond donors (Lipinski definition) is 2. The summed E-state index contributed by atoms with van der Waals surface area (Å²) in [5.41, 5.74) is 0. The van der Waals surface area contributed by atoms with Gasteiger partial charge in [-0.25, -0.2) is 9.97 Å². The first-order valence-electron chi connectivity index (χ1n) is 8.78. The van der Waals surface area contributed by atoms with Crippen LogP contribution >= 0.6 is 0 Å². The van der Waals surface area contributed by atoms with Gasteiger partial charge in [0.1, 0.15) is 18.0 Å². The predicted molar refractivity (Wildman–Crippen MR) is 90.7 cm³/mol. The summed E-state index contributed by atoms with van der Waals surface area (Å²) in [6.45, 7) is 5.82. The third-order valence-corrected chi connectivity index (χ3v) is 5.20. The van der Waals surface area contributed by atoms with Crippen LogP contribution < -0.4 is 9.80 Å². The fourth-order valence-corrected chi connectivity index (χ4v) is 3.72. The molecule has 3 rings (SSSR count). The average molecular weight is 320 g/mol. The molecule has 23 heavy (non-hydrogen) atoms. The van der Waals surface area contributed by atoms with E-state index in [9.17, 15) is 10.2 Å². The molecular weight excluding hydrogens is 292 g/mol. The van der Waals surface area contributed by atoms with Crippen LogP contribution in [0.5, 0.6) is 0 Å². The van der Waals surface area contributed by atoms with Gasteiger partial charge in [0, 0.05) is 44.8 Å². The molecular formula is C17H28N4O2. The zero-order valence-corrected chi connectivity index (χ0v) is 13.9. The lowest BCUT2D eigenvalue weighted by molar-refractivity contribution is 0.115. The van der Waals surface area contributed by atoms with Gasteiger partial charge in [0.25, 0.3) is 0 Å². The highest BCUT2D eigenvalue weighted by molar-refractivity contribution is 5.50. The molecule has 3 heterocycles. The highest BCUT2D eigenvalue weighted by Gasteiger charge is 2.25. The Kier molecular flexibility index (Phi) is 5.33. The minimum atomic E-state index is -0.272. The van der Waals surface area contributed by atoms with Crippen LogP contribution in [-0.4, -0.2) is 59.1 Å². The third kappa shape index (κ3) is 3.93. The largest absolute Gasteiger partial charge is 0.396 e. The van der Waals surface area contributed by atoms with Crippen molar-refractivity contribution in [1.82, 2.24) is 9.97 Å². The first-order chi connectivity index (χ1) is 11.2. The maximum absolute atomic E-state index is 9.87. The minimum absolute atomic E-state index is 0.247. The Balaban J connectivity index is 1.72.